The number of rotatable bonds is 14. The standard InChI is InChI=1S/C22H32O4S.Na.H/c1-2-3-4-5-6-7-8-9-10-13-19-25-27(23,24)26-22-18-14-16-20-15-11-12-17-21(20)22;;/h11-12,14-18H,2-10,13,19H2,1H3;;/q;+1;-1. The van der Waals surface area contributed by atoms with E-state index in [4.69, 9.17) is 8.37 Å². The Labute approximate surface area is 194 Å². The Balaban J connectivity index is 0.00000392. The van der Waals surface area contributed by atoms with Gasteiger partial charge in [0.05, 0.1) is 6.61 Å². The fourth-order valence-corrected chi connectivity index (χ4v) is 3.89. The average molecular weight is 417 g/mol. The molecule has 0 saturated heterocycles. The Morgan fingerprint density at radius 2 is 1.36 bits per heavy atom. The Bertz CT molecular complexity index is 778. The van der Waals surface area contributed by atoms with E-state index in [1.807, 2.05) is 30.3 Å². The van der Waals surface area contributed by atoms with E-state index >= 15 is 0 Å². The van der Waals surface area contributed by atoms with Crippen LogP contribution in [-0.4, -0.2) is 15.0 Å². The van der Waals surface area contributed by atoms with Gasteiger partial charge in [-0.25, -0.2) is 4.18 Å². The first-order valence-corrected chi connectivity index (χ1v) is 11.5. The Morgan fingerprint density at radius 1 is 0.786 bits per heavy atom. The molecule has 0 spiro atoms. The van der Waals surface area contributed by atoms with Crippen molar-refractivity contribution in [2.75, 3.05) is 6.61 Å². The van der Waals surface area contributed by atoms with Gasteiger partial charge in [-0.3, -0.25) is 0 Å². The van der Waals surface area contributed by atoms with Gasteiger partial charge in [0.15, 0.2) is 5.75 Å². The molecule has 2 aromatic rings. The zero-order chi connectivity index (χ0) is 19.4. The van der Waals surface area contributed by atoms with Gasteiger partial charge in [0.2, 0.25) is 0 Å². The summed E-state index contributed by atoms with van der Waals surface area (Å²) in [5.41, 5.74) is 0. The summed E-state index contributed by atoms with van der Waals surface area (Å²) in [6.45, 7) is 2.40. The number of benzene rings is 2. The molecular weight excluding hydrogens is 383 g/mol. The van der Waals surface area contributed by atoms with Crippen LogP contribution in [0, 0.1) is 0 Å². The number of hydrogen-bond acceptors (Lipinski definition) is 4. The van der Waals surface area contributed by atoms with Crippen LogP contribution >= 0.6 is 0 Å². The predicted octanol–water partition coefficient (Wildman–Crippen LogP) is 3.52. The minimum atomic E-state index is -4.04. The molecule has 6 heteroatoms. The van der Waals surface area contributed by atoms with Crippen LogP contribution in [-0.2, 0) is 14.6 Å². The van der Waals surface area contributed by atoms with E-state index in [9.17, 15) is 8.42 Å². The zero-order valence-electron chi connectivity index (χ0n) is 18.4. The molecule has 0 radical (unpaired) electrons. The number of hydrogen-bond donors (Lipinski definition) is 0. The van der Waals surface area contributed by atoms with Crippen molar-refractivity contribution < 1.29 is 47.8 Å². The van der Waals surface area contributed by atoms with Crippen molar-refractivity contribution in [3.63, 3.8) is 0 Å². The van der Waals surface area contributed by atoms with E-state index < -0.39 is 10.4 Å². The van der Waals surface area contributed by atoms with Gasteiger partial charge >= 0.3 is 40.0 Å². The van der Waals surface area contributed by atoms with Crippen molar-refractivity contribution in [2.45, 2.75) is 71.1 Å². The van der Waals surface area contributed by atoms with Crippen LogP contribution in [0.2, 0.25) is 0 Å². The molecule has 0 amide bonds. The smallest absolute Gasteiger partial charge is 1.00 e. The SMILES string of the molecule is CCCCCCCCCCCCOS(=O)(=O)Oc1cccc2ccccc12.[H-].[Na+]. The maximum absolute atomic E-state index is 12.1. The summed E-state index contributed by atoms with van der Waals surface area (Å²) in [5.74, 6) is 0.302. The van der Waals surface area contributed by atoms with Crippen LogP contribution in [0.3, 0.4) is 0 Å². The Hall–Kier alpha value is -0.590. The van der Waals surface area contributed by atoms with Gasteiger partial charge in [0.25, 0.3) is 0 Å². The molecule has 4 nitrogen and oxygen atoms in total. The number of fused-ring (bicyclic) bond motifs is 1. The van der Waals surface area contributed by atoms with E-state index in [1.54, 1.807) is 12.1 Å². The van der Waals surface area contributed by atoms with E-state index in [1.165, 1.54) is 44.9 Å². The Kier molecular flexibility index (Phi) is 13.1. The maximum atomic E-state index is 12.1. The van der Waals surface area contributed by atoms with Gasteiger partial charge in [-0.05, 0) is 17.9 Å². The molecule has 0 bridgehead atoms. The summed E-state index contributed by atoms with van der Waals surface area (Å²) >= 11 is 0. The quantitative estimate of drug-likeness (QED) is 0.349. The molecule has 0 aromatic heterocycles. The molecule has 0 fully saturated rings. The fraction of sp³-hybridized carbons (Fsp3) is 0.545. The van der Waals surface area contributed by atoms with Gasteiger partial charge in [0.1, 0.15) is 0 Å². The molecule has 2 rings (SSSR count). The molecule has 2 aromatic carbocycles. The van der Waals surface area contributed by atoms with Crippen molar-refractivity contribution in [2.24, 2.45) is 0 Å². The van der Waals surface area contributed by atoms with Gasteiger partial charge in [0, 0.05) is 5.39 Å². The molecule has 28 heavy (non-hydrogen) atoms. The topological polar surface area (TPSA) is 52.6 Å². The van der Waals surface area contributed by atoms with E-state index in [0.29, 0.717) is 5.75 Å². The van der Waals surface area contributed by atoms with Crippen LogP contribution in [0.5, 0.6) is 5.75 Å². The van der Waals surface area contributed by atoms with Crippen LogP contribution < -0.4 is 33.7 Å². The van der Waals surface area contributed by atoms with Crippen molar-refractivity contribution in [3.8, 4) is 5.75 Å². The van der Waals surface area contributed by atoms with Gasteiger partial charge < -0.3 is 5.61 Å². The summed E-state index contributed by atoms with van der Waals surface area (Å²) < 4.78 is 34.3. The minimum absolute atomic E-state index is 0. The second-order valence-corrected chi connectivity index (χ2v) is 8.19. The molecule has 0 N–H and O–H groups in total. The largest absolute Gasteiger partial charge is 1.00 e. The van der Waals surface area contributed by atoms with Crippen molar-refractivity contribution in [3.05, 3.63) is 42.5 Å². The van der Waals surface area contributed by atoms with E-state index in [2.05, 4.69) is 6.92 Å². The first-order valence-electron chi connectivity index (χ1n) is 10.2. The molecule has 0 heterocycles. The molecule has 0 atom stereocenters. The average Bonchev–Trinajstić information content (AvgIpc) is 2.66. The molecule has 0 aliphatic heterocycles. The summed E-state index contributed by atoms with van der Waals surface area (Å²) in [7, 11) is -4.04. The first-order chi connectivity index (χ1) is 13.1. The summed E-state index contributed by atoms with van der Waals surface area (Å²) in [6.07, 6.45) is 11.9. The third-order valence-electron chi connectivity index (χ3n) is 4.67. The normalized spacial score (nSPS) is 11.3. The third-order valence-corrected chi connectivity index (χ3v) is 5.51. The van der Waals surface area contributed by atoms with E-state index in [0.717, 1.165) is 30.0 Å². The molecule has 0 saturated carbocycles. The summed E-state index contributed by atoms with van der Waals surface area (Å²) in [5, 5.41) is 1.69. The second-order valence-electron chi connectivity index (χ2n) is 6.97. The maximum Gasteiger partial charge on any atom is 1.00 e. The van der Waals surface area contributed by atoms with Crippen LogP contribution in [0.1, 0.15) is 72.6 Å². The van der Waals surface area contributed by atoms with Gasteiger partial charge in [-0.2, -0.15) is 8.42 Å². The van der Waals surface area contributed by atoms with Crippen molar-refractivity contribution in [1.29, 1.82) is 0 Å². The van der Waals surface area contributed by atoms with Gasteiger partial charge in [-0.1, -0.05) is 101 Å². The fourth-order valence-electron chi connectivity index (χ4n) is 3.15. The summed E-state index contributed by atoms with van der Waals surface area (Å²) in [6, 6.07) is 12.8. The van der Waals surface area contributed by atoms with Crippen molar-refractivity contribution >= 4 is 21.2 Å². The summed E-state index contributed by atoms with van der Waals surface area (Å²) in [4.78, 5) is 0. The second kappa shape index (κ2) is 14.4. The molecular formula is C22H33NaO4S. The third kappa shape index (κ3) is 9.75. The zero-order valence-corrected chi connectivity index (χ0v) is 20.2. The first kappa shape index (κ1) is 25.4. The molecule has 0 unspecified atom stereocenters. The van der Waals surface area contributed by atoms with Crippen LogP contribution in [0.15, 0.2) is 42.5 Å². The van der Waals surface area contributed by atoms with E-state index in [-0.39, 0.29) is 37.6 Å². The number of unbranched alkanes of at least 4 members (excludes halogenated alkanes) is 9. The molecule has 0 aliphatic carbocycles. The minimum Gasteiger partial charge on any atom is -1.00 e. The molecule has 0 aliphatic rings. The Morgan fingerprint density at radius 3 is 2.04 bits per heavy atom. The monoisotopic (exact) mass is 416 g/mol. The van der Waals surface area contributed by atoms with Crippen LogP contribution in [0.25, 0.3) is 10.8 Å². The predicted molar refractivity (Wildman–Crippen MR) is 112 cm³/mol. The van der Waals surface area contributed by atoms with Crippen molar-refractivity contribution in [1.82, 2.24) is 0 Å². The van der Waals surface area contributed by atoms with Gasteiger partial charge in [-0.15, -0.1) is 0 Å². The molecule has 152 valence electrons. The van der Waals surface area contributed by atoms with Crippen LogP contribution in [0.4, 0.5) is 0 Å².